The second-order valence-electron chi connectivity index (χ2n) is 5.50. The summed E-state index contributed by atoms with van der Waals surface area (Å²) in [6, 6.07) is 8.09. The number of hydrogen-bond donors (Lipinski definition) is 0. The highest BCUT2D eigenvalue weighted by Gasteiger charge is 2.15. The predicted molar refractivity (Wildman–Crippen MR) is 71.0 cm³/mol. The Morgan fingerprint density at radius 1 is 1.24 bits per heavy atom. The standard InChI is InChI=1S/C15H21NO/c1-4-15(2,3)11-7-9-13-12-8-5-6-10-14(12)17-16-13/h5-6,8,10H,4,7,9,11H2,1-3H3. The first kappa shape index (κ1) is 12.2. The third kappa shape index (κ3) is 2.87. The zero-order valence-corrected chi connectivity index (χ0v) is 11.0. The molecule has 0 aliphatic carbocycles. The molecule has 0 unspecified atom stereocenters. The number of aryl methyl sites for hydroxylation is 1. The van der Waals surface area contributed by atoms with Gasteiger partial charge in [-0.25, -0.2) is 0 Å². The number of benzene rings is 1. The van der Waals surface area contributed by atoms with E-state index in [1.54, 1.807) is 0 Å². The van der Waals surface area contributed by atoms with Gasteiger partial charge in [-0.3, -0.25) is 0 Å². The van der Waals surface area contributed by atoms with Crippen LogP contribution in [0.1, 0.15) is 45.7 Å². The minimum Gasteiger partial charge on any atom is -0.356 e. The van der Waals surface area contributed by atoms with Crippen LogP contribution in [-0.4, -0.2) is 5.16 Å². The van der Waals surface area contributed by atoms with Crippen LogP contribution in [-0.2, 0) is 6.42 Å². The Labute approximate surface area is 103 Å². The van der Waals surface area contributed by atoms with Crippen LogP contribution >= 0.6 is 0 Å². The summed E-state index contributed by atoms with van der Waals surface area (Å²) in [6.07, 6.45) is 4.66. The fourth-order valence-electron chi connectivity index (χ4n) is 2.03. The first-order valence-corrected chi connectivity index (χ1v) is 6.46. The second kappa shape index (κ2) is 4.91. The SMILES string of the molecule is CCC(C)(C)CCCc1noc2ccccc12. The van der Waals surface area contributed by atoms with E-state index >= 15 is 0 Å². The van der Waals surface area contributed by atoms with Gasteiger partial charge < -0.3 is 4.52 Å². The molecule has 1 heterocycles. The molecular formula is C15H21NO. The van der Waals surface area contributed by atoms with Gasteiger partial charge in [-0.2, -0.15) is 0 Å². The van der Waals surface area contributed by atoms with Crippen molar-refractivity contribution < 1.29 is 4.52 Å². The lowest BCUT2D eigenvalue weighted by molar-refractivity contribution is 0.311. The van der Waals surface area contributed by atoms with Crippen LogP contribution in [0.25, 0.3) is 11.0 Å². The summed E-state index contributed by atoms with van der Waals surface area (Å²) < 4.78 is 5.31. The topological polar surface area (TPSA) is 26.0 Å². The van der Waals surface area contributed by atoms with Gasteiger partial charge in [-0.15, -0.1) is 0 Å². The van der Waals surface area contributed by atoms with Crippen molar-refractivity contribution in [1.29, 1.82) is 0 Å². The largest absolute Gasteiger partial charge is 0.356 e. The normalized spacial score (nSPS) is 12.2. The molecular weight excluding hydrogens is 210 g/mol. The van der Waals surface area contributed by atoms with Gasteiger partial charge >= 0.3 is 0 Å². The smallest absolute Gasteiger partial charge is 0.167 e. The van der Waals surface area contributed by atoms with Crippen LogP contribution in [0.4, 0.5) is 0 Å². The van der Waals surface area contributed by atoms with Gasteiger partial charge in [0.05, 0.1) is 5.69 Å². The second-order valence-corrected chi connectivity index (χ2v) is 5.50. The zero-order chi connectivity index (χ0) is 12.3. The fourth-order valence-corrected chi connectivity index (χ4v) is 2.03. The molecule has 0 bridgehead atoms. The molecule has 0 radical (unpaired) electrons. The van der Waals surface area contributed by atoms with Crippen molar-refractivity contribution in [3.05, 3.63) is 30.0 Å². The Morgan fingerprint density at radius 2 is 2.00 bits per heavy atom. The molecule has 0 aliphatic heterocycles. The molecule has 0 spiro atoms. The molecule has 0 saturated carbocycles. The summed E-state index contributed by atoms with van der Waals surface area (Å²) in [4.78, 5) is 0. The Hall–Kier alpha value is -1.31. The number of aromatic nitrogens is 1. The molecule has 0 amide bonds. The Bertz CT molecular complexity index is 484. The number of fused-ring (bicyclic) bond motifs is 1. The minimum atomic E-state index is 0.444. The van der Waals surface area contributed by atoms with Crippen molar-refractivity contribution in [2.75, 3.05) is 0 Å². The van der Waals surface area contributed by atoms with Gasteiger partial charge in [-0.1, -0.05) is 44.5 Å². The molecule has 2 aromatic rings. The van der Waals surface area contributed by atoms with Gasteiger partial charge in [0, 0.05) is 5.39 Å². The van der Waals surface area contributed by atoms with Crippen molar-refractivity contribution in [3.8, 4) is 0 Å². The van der Waals surface area contributed by atoms with E-state index in [0.717, 1.165) is 17.7 Å². The van der Waals surface area contributed by atoms with E-state index in [1.165, 1.54) is 24.6 Å². The highest BCUT2D eigenvalue weighted by Crippen LogP contribution is 2.28. The summed E-state index contributed by atoms with van der Waals surface area (Å²) in [5, 5.41) is 5.33. The van der Waals surface area contributed by atoms with E-state index in [9.17, 15) is 0 Å². The predicted octanol–water partition coefficient (Wildman–Crippen LogP) is 4.59. The Morgan fingerprint density at radius 3 is 2.76 bits per heavy atom. The van der Waals surface area contributed by atoms with Crippen LogP contribution in [0.5, 0.6) is 0 Å². The summed E-state index contributed by atoms with van der Waals surface area (Å²) in [5.74, 6) is 0. The van der Waals surface area contributed by atoms with Gasteiger partial charge in [0.2, 0.25) is 0 Å². The fraction of sp³-hybridized carbons (Fsp3) is 0.533. The molecule has 0 aliphatic rings. The molecule has 0 saturated heterocycles. The van der Waals surface area contributed by atoms with Crippen LogP contribution < -0.4 is 0 Å². The lowest BCUT2D eigenvalue weighted by Crippen LogP contribution is -2.09. The highest BCUT2D eigenvalue weighted by atomic mass is 16.5. The van der Waals surface area contributed by atoms with Crippen LogP contribution in [0.15, 0.2) is 28.8 Å². The Balaban J connectivity index is 2.00. The van der Waals surface area contributed by atoms with E-state index < -0.39 is 0 Å². The van der Waals surface area contributed by atoms with E-state index in [2.05, 4.69) is 32.0 Å². The zero-order valence-electron chi connectivity index (χ0n) is 11.0. The molecule has 0 atom stereocenters. The number of nitrogens with zero attached hydrogens (tertiary/aromatic N) is 1. The van der Waals surface area contributed by atoms with Crippen LogP contribution in [0.2, 0.25) is 0 Å². The van der Waals surface area contributed by atoms with Crippen LogP contribution in [0, 0.1) is 5.41 Å². The van der Waals surface area contributed by atoms with Crippen molar-refractivity contribution in [1.82, 2.24) is 5.16 Å². The highest BCUT2D eigenvalue weighted by molar-refractivity contribution is 5.79. The lowest BCUT2D eigenvalue weighted by Gasteiger charge is -2.21. The molecule has 1 aromatic carbocycles. The van der Waals surface area contributed by atoms with Gasteiger partial charge in [0.1, 0.15) is 0 Å². The maximum Gasteiger partial charge on any atom is 0.167 e. The summed E-state index contributed by atoms with van der Waals surface area (Å²) in [6.45, 7) is 6.91. The molecule has 92 valence electrons. The summed E-state index contributed by atoms with van der Waals surface area (Å²) >= 11 is 0. The average Bonchev–Trinajstić information content (AvgIpc) is 2.73. The van der Waals surface area contributed by atoms with Crippen molar-refractivity contribution in [2.24, 2.45) is 5.41 Å². The Kier molecular flexibility index (Phi) is 3.51. The van der Waals surface area contributed by atoms with E-state index in [0.29, 0.717) is 5.41 Å². The minimum absolute atomic E-state index is 0.444. The molecule has 2 heteroatoms. The maximum absolute atomic E-state index is 5.31. The van der Waals surface area contributed by atoms with Gasteiger partial charge in [0.25, 0.3) is 0 Å². The summed E-state index contributed by atoms with van der Waals surface area (Å²) in [7, 11) is 0. The number of para-hydroxylation sites is 1. The van der Waals surface area contributed by atoms with Crippen molar-refractivity contribution >= 4 is 11.0 Å². The molecule has 0 N–H and O–H groups in total. The van der Waals surface area contributed by atoms with E-state index in [4.69, 9.17) is 4.52 Å². The first-order chi connectivity index (χ1) is 8.12. The van der Waals surface area contributed by atoms with Crippen molar-refractivity contribution in [3.63, 3.8) is 0 Å². The van der Waals surface area contributed by atoms with E-state index in [1.807, 2.05) is 18.2 Å². The van der Waals surface area contributed by atoms with Gasteiger partial charge in [-0.05, 0) is 36.8 Å². The lowest BCUT2D eigenvalue weighted by atomic mass is 9.84. The first-order valence-electron chi connectivity index (χ1n) is 6.46. The number of rotatable bonds is 5. The molecule has 2 nitrogen and oxygen atoms in total. The summed E-state index contributed by atoms with van der Waals surface area (Å²) in [5.41, 5.74) is 2.45. The number of hydrogen-bond acceptors (Lipinski definition) is 2. The average molecular weight is 231 g/mol. The molecule has 2 rings (SSSR count). The van der Waals surface area contributed by atoms with Crippen molar-refractivity contribution in [2.45, 2.75) is 46.5 Å². The van der Waals surface area contributed by atoms with Gasteiger partial charge in [0.15, 0.2) is 5.58 Å². The maximum atomic E-state index is 5.31. The molecule has 1 aromatic heterocycles. The third-order valence-electron chi connectivity index (χ3n) is 3.68. The van der Waals surface area contributed by atoms with Crippen LogP contribution in [0.3, 0.4) is 0 Å². The monoisotopic (exact) mass is 231 g/mol. The molecule has 17 heavy (non-hydrogen) atoms. The quantitative estimate of drug-likeness (QED) is 0.752. The third-order valence-corrected chi connectivity index (χ3v) is 3.68. The molecule has 0 fully saturated rings. The van der Waals surface area contributed by atoms with E-state index in [-0.39, 0.29) is 0 Å².